The molecule has 0 aliphatic carbocycles. The molecule has 0 aromatic carbocycles. The highest BCUT2D eigenvalue weighted by molar-refractivity contribution is 7.99. The Labute approximate surface area is 369 Å². The number of imidazole rings is 1. The Morgan fingerprint density at radius 2 is 1.69 bits per heavy atom. The van der Waals surface area contributed by atoms with Gasteiger partial charge in [-0.2, -0.15) is 11.8 Å². The summed E-state index contributed by atoms with van der Waals surface area (Å²) < 4.78 is 60.6. The molecule has 0 saturated carbocycles. The van der Waals surface area contributed by atoms with Crippen LogP contribution in [0.1, 0.15) is 65.5 Å². The van der Waals surface area contributed by atoms with Gasteiger partial charge in [-0.05, 0) is 12.8 Å². The van der Waals surface area contributed by atoms with Crippen molar-refractivity contribution in [1.82, 2.24) is 35.5 Å². The smallest absolute Gasteiger partial charge is 0.274 e. The fourth-order valence-electron chi connectivity index (χ4n) is 5.82. The number of nitrogen functional groups attached to an aromatic ring is 1. The number of aliphatic hydroxyl groups is 2. The second-order valence-electron chi connectivity index (χ2n) is 14.8. The van der Waals surface area contributed by atoms with Gasteiger partial charge in [-0.1, -0.05) is 26.7 Å². The average molecular weight is 990 g/mol. The minimum atomic E-state index is -5.94. The third-order valence-corrected chi connectivity index (χ3v) is 13.1. The van der Waals surface area contributed by atoms with Gasteiger partial charge in [0, 0.05) is 44.0 Å². The van der Waals surface area contributed by atoms with Crippen molar-refractivity contribution in [2.45, 2.75) is 96.0 Å². The van der Waals surface area contributed by atoms with Gasteiger partial charge in [-0.3, -0.25) is 37.7 Å². The first kappa shape index (κ1) is 54.8. The lowest BCUT2D eigenvalue weighted by Gasteiger charge is -2.36. The Morgan fingerprint density at radius 1 is 1.00 bits per heavy atom. The van der Waals surface area contributed by atoms with Crippen molar-refractivity contribution < 1.29 is 90.1 Å². The summed E-state index contributed by atoms with van der Waals surface area (Å²) in [6.07, 6.45) is -5.15. The second kappa shape index (κ2) is 24.3. The summed E-state index contributed by atoms with van der Waals surface area (Å²) in [5.74, 6) is -1.95. The highest BCUT2D eigenvalue weighted by Crippen LogP contribution is 2.56. The molecular formula is C32H50N9O19P3S-4. The maximum Gasteiger partial charge on any atom is 0.274 e. The van der Waals surface area contributed by atoms with Crippen molar-refractivity contribution in [3.63, 3.8) is 0 Å². The number of phosphoric acid groups is 3. The molecule has 8 atom stereocenters. The molecule has 0 radical (unpaired) electrons. The topological polar surface area (TPSA) is 447 Å². The molecule has 362 valence electrons. The third kappa shape index (κ3) is 18.1. The van der Waals surface area contributed by atoms with Crippen molar-refractivity contribution in [3.8, 4) is 0 Å². The van der Waals surface area contributed by atoms with Crippen LogP contribution in [0.4, 0.5) is 5.82 Å². The van der Waals surface area contributed by atoms with Crippen LogP contribution < -0.4 is 47.0 Å². The Morgan fingerprint density at radius 3 is 2.34 bits per heavy atom. The second-order valence-corrected chi connectivity index (χ2v) is 20.0. The van der Waals surface area contributed by atoms with Crippen molar-refractivity contribution in [2.24, 2.45) is 11.1 Å². The van der Waals surface area contributed by atoms with Gasteiger partial charge < -0.3 is 80.1 Å². The first-order valence-electron chi connectivity index (χ1n) is 19.2. The van der Waals surface area contributed by atoms with Gasteiger partial charge in [0.25, 0.3) is 15.6 Å². The quantitative estimate of drug-likeness (QED) is 0.0303. The van der Waals surface area contributed by atoms with Gasteiger partial charge in [0.15, 0.2) is 17.7 Å². The lowest BCUT2D eigenvalue weighted by Crippen LogP contribution is -2.46. The molecule has 9 N–H and O–H groups in total. The lowest BCUT2D eigenvalue weighted by atomic mass is 9.87. The fraction of sp³-hybridized carbons (Fsp3) is 0.688. The third-order valence-electron chi connectivity index (χ3n) is 9.05. The summed E-state index contributed by atoms with van der Waals surface area (Å²) in [4.78, 5) is 119. The number of nitrogens with zero attached hydrogens (tertiary/aromatic N) is 4. The number of nitrogens with one attached hydrogen (secondary N) is 3. The molecule has 0 bridgehead atoms. The van der Waals surface area contributed by atoms with Crippen LogP contribution in [-0.4, -0.2) is 127 Å². The van der Waals surface area contributed by atoms with Crippen molar-refractivity contribution in [1.29, 1.82) is 0 Å². The van der Waals surface area contributed by atoms with Crippen molar-refractivity contribution in [3.05, 3.63) is 12.7 Å². The molecular weight excluding hydrogens is 939 g/mol. The number of hydrogen-bond donors (Lipinski definition) is 7. The van der Waals surface area contributed by atoms with Crippen molar-refractivity contribution in [2.75, 3.05) is 43.5 Å². The minimum absolute atomic E-state index is 0.00137. The number of unbranched alkanes of at least 4 members (excludes halogenated alkanes) is 2. The number of amides is 4. The van der Waals surface area contributed by atoms with E-state index in [9.17, 15) is 67.5 Å². The standard InChI is InChI=1S/C32H54N9O19P3S/c1-18(42)40-20(28(34)47)8-6-4-5-7-19(43)14-64-12-11-35-22(44)9-10-36-30(48)26(46)32(2,3)15-57-63(54,55)60-62(52,53)56-13-21-25(59-61(49,50)51)24(45)31(58-21)41-17-39-23-27(33)37-16-38-29(23)41/h16-17,20-21,24-26,31,45-46H,4-15H2,1-3H3,(H2,34,47)(H,35,44)(H,36,48)(H,40,42)(H,52,53)(H,54,55)(H2,33,37,38)(H2,49,50,51)/p-4/t20-,21?,24?,25?,26?,31?/m0/s1. The molecule has 64 heavy (non-hydrogen) atoms. The van der Waals surface area contributed by atoms with Crippen LogP contribution in [0, 0.1) is 5.41 Å². The highest BCUT2D eigenvalue weighted by Gasteiger charge is 2.47. The van der Waals surface area contributed by atoms with E-state index in [1.807, 2.05) is 0 Å². The van der Waals surface area contributed by atoms with E-state index >= 15 is 0 Å². The molecule has 1 aliphatic rings. The number of ether oxygens (including phenoxy) is 1. The van der Waals surface area contributed by atoms with Crippen LogP contribution in [0.25, 0.3) is 11.2 Å². The number of rotatable bonds is 29. The van der Waals surface area contributed by atoms with Gasteiger partial charge in [0.2, 0.25) is 23.6 Å². The van der Waals surface area contributed by atoms with E-state index < -0.39 is 96.5 Å². The number of hydrogen-bond acceptors (Lipinski definition) is 24. The van der Waals surface area contributed by atoms with E-state index in [2.05, 4.69) is 48.8 Å². The number of aromatic nitrogens is 4. The number of phosphoric ester groups is 3. The van der Waals surface area contributed by atoms with Gasteiger partial charge >= 0.3 is 0 Å². The summed E-state index contributed by atoms with van der Waals surface area (Å²) in [6.45, 7) is 1.32. The molecule has 3 heterocycles. The summed E-state index contributed by atoms with van der Waals surface area (Å²) in [5, 5.41) is 28.8. The molecule has 1 aliphatic heterocycles. The molecule has 7 unspecified atom stereocenters. The predicted octanol–water partition coefficient (Wildman–Crippen LogP) is -3.88. The molecule has 2 aromatic rings. The normalized spacial score (nSPS) is 20.8. The number of carbonyl (C=O) groups is 5. The summed E-state index contributed by atoms with van der Waals surface area (Å²) in [7, 11) is -17.7. The molecule has 3 rings (SSSR count). The number of thioether (sulfide) groups is 1. The van der Waals surface area contributed by atoms with E-state index in [-0.39, 0.29) is 53.9 Å². The first-order chi connectivity index (χ1) is 29.7. The molecule has 2 aromatic heterocycles. The minimum Gasteiger partial charge on any atom is -0.790 e. The van der Waals surface area contributed by atoms with Crippen LogP contribution in [-0.2, 0) is 60.3 Å². The SMILES string of the molecule is CC(=O)N[C@@H](CCCCCC(=O)CSCCNC(=O)CCNC(=O)C(O)C(C)(C)COP(=O)([O-])OP(=O)([O-])OCC1OC(n2cnc3c(N)ncnc32)C(O)C1OP(=O)([O-])[O-])C(N)=O. The predicted molar refractivity (Wildman–Crippen MR) is 213 cm³/mol. The number of anilines is 1. The Kier molecular flexibility index (Phi) is 20.8. The highest BCUT2D eigenvalue weighted by atomic mass is 32.2. The van der Waals surface area contributed by atoms with E-state index in [0.717, 1.165) is 17.2 Å². The van der Waals surface area contributed by atoms with Gasteiger partial charge in [-0.15, -0.1) is 0 Å². The van der Waals surface area contributed by atoms with E-state index in [0.29, 0.717) is 37.9 Å². The number of ketones is 1. The zero-order valence-electron chi connectivity index (χ0n) is 34.6. The molecule has 28 nitrogen and oxygen atoms in total. The molecule has 1 saturated heterocycles. The largest absolute Gasteiger partial charge is 0.790 e. The monoisotopic (exact) mass is 989 g/mol. The van der Waals surface area contributed by atoms with Crippen LogP contribution in [0.3, 0.4) is 0 Å². The Hall–Kier alpha value is -3.50. The zero-order chi connectivity index (χ0) is 48.0. The number of carbonyl (C=O) groups excluding carboxylic acids is 5. The van der Waals surface area contributed by atoms with E-state index in [1.165, 1.54) is 32.5 Å². The number of fused-ring (bicyclic) bond motifs is 1. The maximum atomic E-state index is 12.6. The van der Waals surface area contributed by atoms with E-state index in [4.69, 9.17) is 16.2 Å². The Balaban J connectivity index is 1.37. The molecule has 4 amide bonds. The van der Waals surface area contributed by atoms with Crippen LogP contribution >= 0.6 is 35.2 Å². The van der Waals surface area contributed by atoms with Crippen molar-refractivity contribution >= 4 is 81.6 Å². The van der Waals surface area contributed by atoms with Gasteiger partial charge in [0.1, 0.15) is 48.1 Å². The number of primary amides is 1. The number of nitrogens with two attached hydrogens (primary N) is 2. The van der Waals surface area contributed by atoms with E-state index in [1.54, 1.807) is 0 Å². The zero-order valence-corrected chi connectivity index (χ0v) is 38.1. The van der Waals surface area contributed by atoms with Crippen LogP contribution in [0.2, 0.25) is 0 Å². The summed E-state index contributed by atoms with van der Waals surface area (Å²) >= 11 is 1.30. The molecule has 32 heteroatoms. The number of aliphatic hydroxyl groups excluding tert-OH is 2. The van der Waals surface area contributed by atoms with Gasteiger partial charge in [-0.25, -0.2) is 19.3 Å². The maximum absolute atomic E-state index is 12.6. The van der Waals surface area contributed by atoms with Crippen LogP contribution in [0.15, 0.2) is 12.7 Å². The lowest BCUT2D eigenvalue weighted by molar-refractivity contribution is -0.347. The summed E-state index contributed by atoms with van der Waals surface area (Å²) in [5.41, 5.74) is 9.29. The molecule has 1 fully saturated rings. The van der Waals surface area contributed by atoms with Gasteiger partial charge in [0.05, 0.1) is 33.1 Å². The first-order valence-corrected chi connectivity index (χ1v) is 24.7. The summed E-state index contributed by atoms with van der Waals surface area (Å²) in [6, 6.07) is -0.758. The fourth-order valence-corrected chi connectivity index (χ4v) is 9.31. The molecule has 0 spiro atoms. The van der Waals surface area contributed by atoms with Crippen LogP contribution in [0.5, 0.6) is 0 Å². The number of Topliss-reactive ketones (excluding diaryl/α,β-unsaturated/α-hetero) is 1. The average Bonchev–Trinajstić information content (AvgIpc) is 3.74. The Bertz CT molecular complexity index is 2090.